The number of esters is 1. The summed E-state index contributed by atoms with van der Waals surface area (Å²) in [6.45, 7) is 0.741. The zero-order chi connectivity index (χ0) is 12.0. The first kappa shape index (κ1) is 12.5. The highest BCUT2D eigenvalue weighted by Crippen LogP contribution is 2.22. The van der Waals surface area contributed by atoms with Gasteiger partial charge in [0.2, 0.25) is 0 Å². The van der Waals surface area contributed by atoms with Crippen LogP contribution in [-0.4, -0.2) is 32.2 Å². The number of anilines is 1. The van der Waals surface area contributed by atoms with Gasteiger partial charge in [0, 0.05) is 13.1 Å². The smallest absolute Gasteiger partial charge is 0.350 e. The largest absolute Gasteiger partial charge is 0.465 e. The number of carbonyl (C=O) groups is 2. The van der Waals surface area contributed by atoms with Crippen LogP contribution in [-0.2, 0) is 4.74 Å². The predicted octanol–water partition coefficient (Wildman–Crippen LogP) is 0.615. The normalized spacial score (nSPS) is 9.62. The monoisotopic (exact) mass is 243 g/mol. The zero-order valence-electron chi connectivity index (χ0n) is 8.78. The molecule has 0 atom stereocenters. The van der Waals surface area contributed by atoms with Gasteiger partial charge in [-0.15, -0.1) is 11.3 Å². The van der Waals surface area contributed by atoms with Crippen LogP contribution in [0.4, 0.5) is 10.5 Å². The minimum atomic E-state index is -0.468. The van der Waals surface area contributed by atoms with Gasteiger partial charge in [-0.05, 0) is 11.4 Å². The molecule has 7 heteroatoms. The topological polar surface area (TPSA) is 93.4 Å². The van der Waals surface area contributed by atoms with Crippen molar-refractivity contribution in [2.75, 3.05) is 25.5 Å². The van der Waals surface area contributed by atoms with Crippen molar-refractivity contribution >= 4 is 29.0 Å². The van der Waals surface area contributed by atoms with Gasteiger partial charge in [-0.3, -0.25) is 0 Å². The molecule has 16 heavy (non-hydrogen) atoms. The van der Waals surface area contributed by atoms with Crippen LogP contribution in [0.5, 0.6) is 0 Å². The minimum absolute atomic E-state index is 0.362. The van der Waals surface area contributed by atoms with Crippen molar-refractivity contribution in [2.24, 2.45) is 5.73 Å². The Morgan fingerprint density at radius 3 is 2.94 bits per heavy atom. The molecule has 0 radical (unpaired) electrons. The van der Waals surface area contributed by atoms with Crippen LogP contribution >= 0.6 is 11.3 Å². The third-order valence-electron chi connectivity index (χ3n) is 1.71. The van der Waals surface area contributed by atoms with E-state index in [9.17, 15) is 9.59 Å². The van der Waals surface area contributed by atoms with Crippen molar-refractivity contribution in [1.29, 1.82) is 0 Å². The van der Waals surface area contributed by atoms with E-state index in [1.165, 1.54) is 18.4 Å². The summed E-state index contributed by atoms with van der Waals surface area (Å²) >= 11 is 1.21. The van der Waals surface area contributed by atoms with Crippen LogP contribution in [0, 0.1) is 0 Å². The fourth-order valence-corrected chi connectivity index (χ4v) is 1.78. The first-order valence-corrected chi connectivity index (χ1v) is 5.47. The van der Waals surface area contributed by atoms with E-state index in [1.807, 2.05) is 0 Å². The Morgan fingerprint density at radius 2 is 2.31 bits per heavy atom. The summed E-state index contributed by atoms with van der Waals surface area (Å²) in [5.41, 5.74) is 5.67. The molecule has 1 rings (SSSR count). The van der Waals surface area contributed by atoms with Gasteiger partial charge in [-0.1, -0.05) is 0 Å². The van der Waals surface area contributed by atoms with Crippen molar-refractivity contribution in [2.45, 2.75) is 0 Å². The third kappa shape index (κ3) is 3.21. The van der Waals surface area contributed by atoms with E-state index in [0.717, 1.165) is 0 Å². The van der Waals surface area contributed by atoms with E-state index in [1.54, 1.807) is 11.4 Å². The number of thiophene rings is 1. The SMILES string of the molecule is COC(=O)c1sccc1NC(=O)NCCN. The van der Waals surface area contributed by atoms with Gasteiger partial charge in [0.05, 0.1) is 12.8 Å². The number of amides is 2. The quantitative estimate of drug-likeness (QED) is 0.675. The molecular formula is C9H13N3O3S. The van der Waals surface area contributed by atoms with Gasteiger partial charge < -0.3 is 21.1 Å². The minimum Gasteiger partial charge on any atom is -0.465 e. The fourth-order valence-electron chi connectivity index (χ4n) is 1.01. The number of ether oxygens (including phenoxy) is 1. The number of carbonyl (C=O) groups excluding carboxylic acids is 2. The third-order valence-corrected chi connectivity index (χ3v) is 2.61. The second-order valence-electron chi connectivity index (χ2n) is 2.82. The second kappa shape index (κ2) is 6.09. The van der Waals surface area contributed by atoms with Crippen LogP contribution in [0.25, 0.3) is 0 Å². The summed E-state index contributed by atoms with van der Waals surface area (Å²) in [6.07, 6.45) is 0. The van der Waals surface area contributed by atoms with E-state index >= 15 is 0 Å². The summed E-state index contributed by atoms with van der Waals surface area (Å²) in [4.78, 5) is 23.0. The highest BCUT2D eigenvalue weighted by atomic mass is 32.1. The van der Waals surface area contributed by atoms with Gasteiger partial charge >= 0.3 is 12.0 Å². The molecule has 0 aliphatic rings. The molecule has 0 aliphatic carbocycles. The molecule has 0 saturated carbocycles. The van der Waals surface area contributed by atoms with E-state index in [0.29, 0.717) is 23.7 Å². The summed E-state index contributed by atoms with van der Waals surface area (Å²) in [5, 5.41) is 6.78. The summed E-state index contributed by atoms with van der Waals surface area (Å²) < 4.78 is 4.58. The lowest BCUT2D eigenvalue weighted by molar-refractivity contribution is 0.0607. The van der Waals surface area contributed by atoms with Crippen LogP contribution in [0.3, 0.4) is 0 Å². The van der Waals surface area contributed by atoms with Crippen LogP contribution in [0.1, 0.15) is 9.67 Å². The van der Waals surface area contributed by atoms with Crippen molar-refractivity contribution in [1.82, 2.24) is 5.32 Å². The first-order chi connectivity index (χ1) is 7.69. The predicted molar refractivity (Wildman–Crippen MR) is 61.7 cm³/mol. The standard InChI is InChI=1S/C9H13N3O3S/c1-15-8(13)7-6(2-5-16-7)12-9(14)11-4-3-10/h2,5H,3-4,10H2,1H3,(H2,11,12,14). The highest BCUT2D eigenvalue weighted by Gasteiger charge is 2.14. The number of methoxy groups -OCH3 is 1. The molecule has 0 aliphatic heterocycles. The molecule has 0 spiro atoms. The number of hydrogen-bond donors (Lipinski definition) is 3. The van der Waals surface area contributed by atoms with Gasteiger partial charge in [0.25, 0.3) is 0 Å². The summed E-state index contributed by atoms with van der Waals surface area (Å²) in [6, 6.07) is 1.24. The van der Waals surface area contributed by atoms with E-state index in [2.05, 4.69) is 15.4 Å². The van der Waals surface area contributed by atoms with Crippen molar-refractivity contribution in [3.8, 4) is 0 Å². The molecule has 0 aromatic carbocycles. The van der Waals surface area contributed by atoms with Gasteiger partial charge in [-0.2, -0.15) is 0 Å². The number of nitrogens with one attached hydrogen (secondary N) is 2. The van der Waals surface area contributed by atoms with E-state index in [-0.39, 0.29) is 0 Å². The molecule has 0 bridgehead atoms. The molecule has 1 aromatic heterocycles. The van der Waals surface area contributed by atoms with Gasteiger partial charge in [0.15, 0.2) is 0 Å². The Morgan fingerprint density at radius 1 is 1.56 bits per heavy atom. The van der Waals surface area contributed by atoms with Crippen molar-refractivity contribution < 1.29 is 14.3 Å². The Kier molecular flexibility index (Phi) is 4.74. The number of rotatable bonds is 4. The molecule has 0 unspecified atom stereocenters. The molecule has 2 amide bonds. The average molecular weight is 243 g/mol. The number of hydrogen-bond acceptors (Lipinski definition) is 5. The second-order valence-corrected chi connectivity index (χ2v) is 3.74. The molecule has 0 fully saturated rings. The maximum Gasteiger partial charge on any atom is 0.350 e. The zero-order valence-corrected chi connectivity index (χ0v) is 9.60. The van der Waals surface area contributed by atoms with Crippen LogP contribution in [0.15, 0.2) is 11.4 Å². The highest BCUT2D eigenvalue weighted by molar-refractivity contribution is 7.12. The van der Waals surface area contributed by atoms with E-state index in [4.69, 9.17) is 5.73 Å². The summed E-state index contributed by atoms with van der Waals surface area (Å²) in [7, 11) is 1.29. The Hall–Kier alpha value is -1.60. The maximum absolute atomic E-state index is 11.3. The lowest BCUT2D eigenvalue weighted by atomic mass is 10.4. The maximum atomic E-state index is 11.3. The number of nitrogens with two attached hydrogens (primary N) is 1. The van der Waals surface area contributed by atoms with Gasteiger partial charge in [-0.25, -0.2) is 9.59 Å². The van der Waals surface area contributed by atoms with Gasteiger partial charge in [0.1, 0.15) is 4.88 Å². The molecule has 0 saturated heterocycles. The molecule has 88 valence electrons. The first-order valence-electron chi connectivity index (χ1n) is 4.59. The van der Waals surface area contributed by atoms with Crippen molar-refractivity contribution in [3.05, 3.63) is 16.3 Å². The van der Waals surface area contributed by atoms with Crippen molar-refractivity contribution in [3.63, 3.8) is 0 Å². The lowest BCUT2D eigenvalue weighted by Crippen LogP contribution is -2.33. The molecule has 6 nitrogen and oxygen atoms in total. The van der Waals surface area contributed by atoms with Crippen LogP contribution in [0.2, 0.25) is 0 Å². The molecular weight excluding hydrogens is 230 g/mol. The Bertz CT molecular complexity index is 378. The molecule has 1 heterocycles. The summed E-state index contributed by atoms with van der Waals surface area (Å²) in [5.74, 6) is -0.468. The van der Waals surface area contributed by atoms with E-state index < -0.39 is 12.0 Å². The average Bonchev–Trinajstić information content (AvgIpc) is 2.73. The van der Waals surface area contributed by atoms with Crippen LogP contribution < -0.4 is 16.4 Å². The molecule has 4 N–H and O–H groups in total. The number of urea groups is 1. The Balaban J connectivity index is 2.63. The molecule has 1 aromatic rings. The lowest BCUT2D eigenvalue weighted by Gasteiger charge is -2.06. The fraction of sp³-hybridized carbons (Fsp3) is 0.333. The Labute approximate surface area is 96.8 Å².